The van der Waals surface area contributed by atoms with Crippen LogP contribution in [0, 0.1) is 6.92 Å². The molecular weight excluding hydrogens is 224 g/mol. The van der Waals surface area contributed by atoms with Crippen LogP contribution in [0.5, 0.6) is 0 Å². The van der Waals surface area contributed by atoms with E-state index in [0.29, 0.717) is 12.1 Å². The van der Waals surface area contributed by atoms with E-state index < -0.39 is 0 Å². The summed E-state index contributed by atoms with van der Waals surface area (Å²) >= 11 is 0. The van der Waals surface area contributed by atoms with Crippen molar-refractivity contribution in [2.24, 2.45) is 0 Å². The van der Waals surface area contributed by atoms with Crippen molar-refractivity contribution in [2.75, 3.05) is 23.8 Å². The fourth-order valence-electron chi connectivity index (χ4n) is 3.40. The Hall–Kier alpha value is -1.22. The standard InChI is InChI=1S/C15H22N2O/c1-11-10-12(16)6-7-13(11)17-8-9-18-15-5-3-2-4-14(15)17/h6-7,10,14-15H,2-5,8-9,16H2,1H3. The lowest BCUT2D eigenvalue weighted by Crippen LogP contribution is -2.53. The van der Waals surface area contributed by atoms with Crippen LogP contribution >= 0.6 is 0 Å². The summed E-state index contributed by atoms with van der Waals surface area (Å²) in [6.45, 7) is 4.01. The zero-order valence-electron chi connectivity index (χ0n) is 11.1. The topological polar surface area (TPSA) is 38.5 Å². The molecule has 1 aromatic rings. The van der Waals surface area contributed by atoms with Crippen molar-refractivity contribution in [1.29, 1.82) is 0 Å². The summed E-state index contributed by atoms with van der Waals surface area (Å²) < 4.78 is 5.93. The maximum Gasteiger partial charge on any atom is 0.0779 e. The first-order valence-electron chi connectivity index (χ1n) is 7.00. The zero-order valence-corrected chi connectivity index (χ0v) is 11.1. The minimum atomic E-state index is 0.435. The average Bonchev–Trinajstić information content (AvgIpc) is 2.38. The van der Waals surface area contributed by atoms with Gasteiger partial charge < -0.3 is 15.4 Å². The van der Waals surface area contributed by atoms with Crippen molar-refractivity contribution in [2.45, 2.75) is 44.8 Å². The minimum Gasteiger partial charge on any atom is -0.399 e. The number of nitrogens with zero attached hydrogens (tertiary/aromatic N) is 1. The van der Waals surface area contributed by atoms with Crippen LogP contribution in [0.1, 0.15) is 31.2 Å². The third-order valence-electron chi connectivity index (χ3n) is 4.26. The Morgan fingerprint density at radius 1 is 1.28 bits per heavy atom. The number of ether oxygens (including phenoxy) is 1. The molecule has 2 fully saturated rings. The SMILES string of the molecule is Cc1cc(N)ccc1N1CCOC2CCCCC21. The monoisotopic (exact) mass is 246 g/mol. The average molecular weight is 246 g/mol. The van der Waals surface area contributed by atoms with Gasteiger partial charge in [0, 0.05) is 17.9 Å². The summed E-state index contributed by atoms with van der Waals surface area (Å²) in [5.74, 6) is 0. The van der Waals surface area contributed by atoms with Crippen molar-refractivity contribution in [3.63, 3.8) is 0 Å². The van der Waals surface area contributed by atoms with Gasteiger partial charge in [0.1, 0.15) is 0 Å². The maximum atomic E-state index is 5.93. The van der Waals surface area contributed by atoms with Crippen LogP contribution in [-0.4, -0.2) is 25.3 Å². The number of anilines is 2. The quantitative estimate of drug-likeness (QED) is 0.774. The van der Waals surface area contributed by atoms with E-state index in [-0.39, 0.29) is 0 Å². The van der Waals surface area contributed by atoms with Gasteiger partial charge in [-0.3, -0.25) is 0 Å². The van der Waals surface area contributed by atoms with Crippen LogP contribution in [0.25, 0.3) is 0 Å². The van der Waals surface area contributed by atoms with Gasteiger partial charge in [0.05, 0.1) is 18.8 Å². The largest absolute Gasteiger partial charge is 0.399 e. The Balaban J connectivity index is 1.89. The van der Waals surface area contributed by atoms with E-state index in [2.05, 4.69) is 24.0 Å². The first kappa shape index (κ1) is 11.8. The Bertz CT molecular complexity index is 431. The van der Waals surface area contributed by atoms with Gasteiger partial charge in [0.15, 0.2) is 0 Å². The molecule has 2 unspecified atom stereocenters. The molecule has 2 atom stereocenters. The van der Waals surface area contributed by atoms with E-state index in [4.69, 9.17) is 10.5 Å². The molecule has 1 saturated heterocycles. The van der Waals surface area contributed by atoms with Gasteiger partial charge in [0.25, 0.3) is 0 Å². The highest BCUT2D eigenvalue weighted by molar-refractivity contribution is 5.60. The number of rotatable bonds is 1. The van der Waals surface area contributed by atoms with E-state index in [9.17, 15) is 0 Å². The minimum absolute atomic E-state index is 0.435. The number of aryl methyl sites for hydroxylation is 1. The number of nitrogen functional groups attached to an aromatic ring is 1. The smallest absolute Gasteiger partial charge is 0.0779 e. The zero-order chi connectivity index (χ0) is 12.5. The van der Waals surface area contributed by atoms with Crippen molar-refractivity contribution >= 4 is 11.4 Å². The molecule has 0 amide bonds. The second-order valence-electron chi connectivity index (χ2n) is 5.50. The molecule has 1 heterocycles. The molecule has 0 spiro atoms. The summed E-state index contributed by atoms with van der Waals surface area (Å²) in [4.78, 5) is 2.54. The van der Waals surface area contributed by atoms with E-state index in [1.54, 1.807) is 0 Å². The van der Waals surface area contributed by atoms with Crippen LogP contribution < -0.4 is 10.6 Å². The number of hydrogen-bond acceptors (Lipinski definition) is 3. The molecule has 0 radical (unpaired) electrons. The second kappa shape index (κ2) is 4.81. The van der Waals surface area contributed by atoms with Gasteiger partial charge in [-0.15, -0.1) is 0 Å². The predicted octanol–water partition coefficient (Wildman–Crippen LogP) is 2.73. The Morgan fingerprint density at radius 3 is 2.94 bits per heavy atom. The number of hydrogen-bond donors (Lipinski definition) is 1. The van der Waals surface area contributed by atoms with Gasteiger partial charge in [-0.05, 0) is 43.5 Å². The lowest BCUT2D eigenvalue weighted by Gasteiger charge is -2.45. The lowest BCUT2D eigenvalue weighted by atomic mass is 9.89. The number of nitrogens with two attached hydrogens (primary N) is 1. The van der Waals surface area contributed by atoms with E-state index in [0.717, 1.165) is 18.8 Å². The maximum absolute atomic E-state index is 5.93. The fraction of sp³-hybridized carbons (Fsp3) is 0.600. The molecule has 2 aliphatic rings. The Kier molecular flexibility index (Phi) is 3.16. The van der Waals surface area contributed by atoms with Crippen molar-refractivity contribution in [3.8, 4) is 0 Å². The fourth-order valence-corrected chi connectivity index (χ4v) is 3.40. The number of benzene rings is 1. The highest BCUT2D eigenvalue weighted by Crippen LogP contribution is 2.33. The molecule has 1 aliphatic heterocycles. The summed E-state index contributed by atoms with van der Waals surface area (Å²) in [6, 6.07) is 6.81. The van der Waals surface area contributed by atoms with E-state index in [1.807, 2.05) is 6.07 Å². The lowest BCUT2D eigenvalue weighted by molar-refractivity contribution is -0.00871. The molecule has 1 aromatic carbocycles. The van der Waals surface area contributed by atoms with Crippen molar-refractivity contribution in [3.05, 3.63) is 23.8 Å². The van der Waals surface area contributed by atoms with E-state index in [1.165, 1.54) is 36.9 Å². The van der Waals surface area contributed by atoms with Gasteiger partial charge in [-0.25, -0.2) is 0 Å². The van der Waals surface area contributed by atoms with Crippen LogP contribution in [0.15, 0.2) is 18.2 Å². The molecule has 3 heteroatoms. The normalized spacial score (nSPS) is 27.9. The summed E-state index contributed by atoms with van der Waals surface area (Å²) in [6.07, 6.45) is 5.55. The molecule has 1 saturated carbocycles. The third-order valence-corrected chi connectivity index (χ3v) is 4.26. The van der Waals surface area contributed by atoms with Crippen LogP contribution in [-0.2, 0) is 4.74 Å². The molecule has 18 heavy (non-hydrogen) atoms. The number of morpholine rings is 1. The molecule has 0 aromatic heterocycles. The molecular formula is C15H22N2O. The Morgan fingerprint density at radius 2 is 2.11 bits per heavy atom. The van der Waals surface area contributed by atoms with Crippen LogP contribution in [0.3, 0.4) is 0 Å². The van der Waals surface area contributed by atoms with Crippen LogP contribution in [0.4, 0.5) is 11.4 Å². The Labute approximate surface area is 109 Å². The molecule has 3 rings (SSSR count). The molecule has 3 nitrogen and oxygen atoms in total. The summed E-state index contributed by atoms with van der Waals surface area (Å²) in [5, 5.41) is 0. The summed E-state index contributed by atoms with van der Waals surface area (Å²) in [5.41, 5.74) is 9.31. The second-order valence-corrected chi connectivity index (χ2v) is 5.50. The highest BCUT2D eigenvalue weighted by atomic mass is 16.5. The van der Waals surface area contributed by atoms with Crippen molar-refractivity contribution in [1.82, 2.24) is 0 Å². The van der Waals surface area contributed by atoms with Crippen LogP contribution in [0.2, 0.25) is 0 Å². The predicted molar refractivity (Wildman–Crippen MR) is 74.9 cm³/mol. The van der Waals surface area contributed by atoms with Gasteiger partial charge in [0.2, 0.25) is 0 Å². The van der Waals surface area contributed by atoms with Gasteiger partial charge in [-0.2, -0.15) is 0 Å². The molecule has 1 aliphatic carbocycles. The molecule has 98 valence electrons. The summed E-state index contributed by atoms with van der Waals surface area (Å²) in [7, 11) is 0. The van der Waals surface area contributed by atoms with E-state index >= 15 is 0 Å². The number of fused-ring (bicyclic) bond motifs is 1. The van der Waals surface area contributed by atoms with Gasteiger partial charge >= 0.3 is 0 Å². The molecule has 0 bridgehead atoms. The highest BCUT2D eigenvalue weighted by Gasteiger charge is 2.34. The van der Waals surface area contributed by atoms with Crippen molar-refractivity contribution < 1.29 is 4.74 Å². The molecule has 2 N–H and O–H groups in total. The van der Waals surface area contributed by atoms with Gasteiger partial charge in [-0.1, -0.05) is 12.8 Å². The third kappa shape index (κ3) is 2.07. The first-order valence-corrected chi connectivity index (χ1v) is 7.00. The first-order chi connectivity index (χ1) is 8.75.